The van der Waals surface area contributed by atoms with Gasteiger partial charge in [0.15, 0.2) is 0 Å². The second-order valence-corrected chi connectivity index (χ2v) is 4.73. The molecule has 0 spiro atoms. The lowest BCUT2D eigenvalue weighted by Crippen LogP contribution is -1.98. The minimum absolute atomic E-state index is 0.785. The van der Waals surface area contributed by atoms with E-state index >= 15 is 0 Å². The van der Waals surface area contributed by atoms with E-state index in [0.29, 0.717) is 0 Å². The lowest BCUT2D eigenvalue weighted by atomic mass is 10.1. The van der Waals surface area contributed by atoms with Gasteiger partial charge in [-0.05, 0) is 29.9 Å². The third-order valence-corrected chi connectivity index (χ3v) is 3.85. The molecular weight excluding hydrogens is 218 g/mol. The Balaban J connectivity index is 2.60. The Labute approximate surface area is 99.9 Å². The zero-order valence-electron chi connectivity index (χ0n) is 9.95. The predicted octanol–water partition coefficient (Wildman–Crippen LogP) is 2.86. The number of thiophene rings is 1. The molecule has 0 saturated heterocycles. The van der Waals surface area contributed by atoms with Crippen LogP contribution in [0.2, 0.25) is 0 Å². The van der Waals surface area contributed by atoms with Gasteiger partial charge in [-0.15, -0.1) is 11.3 Å². The third-order valence-electron chi connectivity index (χ3n) is 2.89. The first-order valence-electron chi connectivity index (χ1n) is 5.57. The van der Waals surface area contributed by atoms with Gasteiger partial charge in [0.25, 0.3) is 0 Å². The fourth-order valence-electron chi connectivity index (χ4n) is 1.93. The number of hydrogen-bond acceptors (Lipinski definition) is 3. The van der Waals surface area contributed by atoms with Crippen LogP contribution in [0.15, 0.2) is 11.4 Å². The van der Waals surface area contributed by atoms with Gasteiger partial charge >= 0.3 is 0 Å². The maximum Gasteiger partial charge on any atom is 0.125 e. The van der Waals surface area contributed by atoms with Gasteiger partial charge < -0.3 is 5.73 Å². The molecule has 0 fully saturated rings. The molecule has 2 N–H and O–H groups in total. The van der Waals surface area contributed by atoms with Crippen LogP contribution >= 0.6 is 11.3 Å². The van der Waals surface area contributed by atoms with Crippen molar-refractivity contribution in [1.82, 2.24) is 9.78 Å². The highest BCUT2D eigenvalue weighted by molar-refractivity contribution is 7.13. The van der Waals surface area contributed by atoms with E-state index in [4.69, 9.17) is 5.73 Å². The largest absolute Gasteiger partial charge is 0.384 e. The molecule has 0 amide bonds. The maximum atomic E-state index is 6.02. The average Bonchev–Trinajstić information content (AvgIpc) is 2.84. The Hall–Kier alpha value is -1.29. The summed E-state index contributed by atoms with van der Waals surface area (Å²) >= 11 is 1.75. The van der Waals surface area contributed by atoms with E-state index in [1.54, 1.807) is 16.0 Å². The normalized spacial score (nSPS) is 10.9. The van der Waals surface area contributed by atoms with Crippen molar-refractivity contribution in [3.8, 4) is 10.6 Å². The smallest absolute Gasteiger partial charge is 0.125 e. The molecule has 0 aliphatic rings. The van der Waals surface area contributed by atoms with Crippen molar-refractivity contribution in [3.05, 3.63) is 22.6 Å². The Bertz CT molecular complexity index is 496. The quantitative estimate of drug-likeness (QED) is 0.889. The van der Waals surface area contributed by atoms with Crippen LogP contribution in [0.3, 0.4) is 0 Å². The second-order valence-electron chi connectivity index (χ2n) is 3.82. The topological polar surface area (TPSA) is 43.8 Å². The van der Waals surface area contributed by atoms with Crippen LogP contribution in [-0.2, 0) is 19.9 Å². The highest BCUT2D eigenvalue weighted by Crippen LogP contribution is 2.33. The van der Waals surface area contributed by atoms with Gasteiger partial charge in [0, 0.05) is 12.6 Å². The molecule has 0 aromatic carbocycles. The van der Waals surface area contributed by atoms with Gasteiger partial charge in [0.2, 0.25) is 0 Å². The van der Waals surface area contributed by atoms with Gasteiger partial charge in [0.1, 0.15) is 11.5 Å². The second kappa shape index (κ2) is 4.29. The molecular formula is C12H17N3S. The van der Waals surface area contributed by atoms with E-state index < -0.39 is 0 Å². The molecule has 2 aromatic rings. The SMILES string of the molecule is CCc1ccsc1-c1nn(C)c(N)c1CC. The van der Waals surface area contributed by atoms with Gasteiger partial charge in [-0.3, -0.25) is 4.68 Å². The molecule has 0 saturated carbocycles. The molecule has 2 rings (SSSR count). The Morgan fingerprint density at radius 2 is 2.12 bits per heavy atom. The first-order valence-corrected chi connectivity index (χ1v) is 6.45. The molecule has 0 aliphatic carbocycles. The summed E-state index contributed by atoms with van der Waals surface area (Å²) < 4.78 is 1.77. The van der Waals surface area contributed by atoms with Crippen LogP contribution in [0.1, 0.15) is 25.0 Å². The lowest BCUT2D eigenvalue weighted by Gasteiger charge is -2.00. The molecule has 4 heteroatoms. The number of anilines is 1. The average molecular weight is 235 g/mol. The number of nitrogens with two attached hydrogens (primary N) is 1. The fraction of sp³-hybridized carbons (Fsp3) is 0.417. The summed E-state index contributed by atoms with van der Waals surface area (Å²) in [6, 6.07) is 2.17. The summed E-state index contributed by atoms with van der Waals surface area (Å²) in [6.45, 7) is 4.29. The van der Waals surface area contributed by atoms with Crippen molar-refractivity contribution in [2.24, 2.45) is 7.05 Å². The van der Waals surface area contributed by atoms with Gasteiger partial charge in [-0.2, -0.15) is 5.10 Å². The fourth-order valence-corrected chi connectivity index (χ4v) is 2.94. The van der Waals surface area contributed by atoms with Crippen LogP contribution < -0.4 is 5.73 Å². The minimum atomic E-state index is 0.785. The summed E-state index contributed by atoms with van der Waals surface area (Å²) in [4.78, 5) is 1.27. The van der Waals surface area contributed by atoms with Crippen LogP contribution in [0.25, 0.3) is 10.6 Å². The molecule has 0 atom stereocenters. The standard InChI is InChI=1S/C12H17N3S/c1-4-8-6-7-16-11(8)10-9(5-2)12(13)15(3)14-10/h6-7H,4-5,13H2,1-3H3. The highest BCUT2D eigenvalue weighted by atomic mass is 32.1. The number of hydrogen-bond donors (Lipinski definition) is 1. The molecule has 0 unspecified atom stereocenters. The summed E-state index contributed by atoms with van der Waals surface area (Å²) in [5.74, 6) is 0.785. The molecule has 2 heterocycles. The summed E-state index contributed by atoms with van der Waals surface area (Å²) in [5.41, 5.74) is 9.61. The number of nitrogen functional groups attached to an aromatic ring is 1. The van der Waals surface area contributed by atoms with Crippen LogP contribution in [0.5, 0.6) is 0 Å². The highest BCUT2D eigenvalue weighted by Gasteiger charge is 2.16. The van der Waals surface area contributed by atoms with Crippen LogP contribution in [-0.4, -0.2) is 9.78 Å². The van der Waals surface area contributed by atoms with E-state index in [-0.39, 0.29) is 0 Å². The molecule has 2 aromatic heterocycles. The van der Waals surface area contributed by atoms with E-state index in [1.165, 1.54) is 16.0 Å². The van der Waals surface area contributed by atoms with Crippen molar-refractivity contribution in [2.75, 3.05) is 5.73 Å². The van der Waals surface area contributed by atoms with Gasteiger partial charge in [0.05, 0.1) is 4.88 Å². The van der Waals surface area contributed by atoms with Crippen molar-refractivity contribution >= 4 is 17.2 Å². The number of aryl methyl sites for hydroxylation is 2. The zero-order chi connectivity index (χ0) is 11.7. The van der Waals surface area contributed by atoms with E-state index in [1.807, 2.05) is 7.05 Å². The summed E-state index contributed by atoms with van der Waals surface area (Å²) in [5, 5.41) is 6.66. The van der Waals surface area contributed by atoms with Crippen LogP contribution in [0.4, 0.5) is 5.82 Å². The Morgan fingerprint density at radius 3 is 2.75 bits per heavy atom. The summed E-state index contributed by atoms with van der Waals surface area (Å²) in [7, 11) is 1.90. The first-order chi connectivity index (χ1) is 7.69. The Morgan fingerprint density at radius 1 is 1.38 bits per heavy atom. The molecule has 0 bridgehead atoms. The molecule has 86 valence electrons. The Kier molecular flexibility index (Phi) is 3.01. The number of nitrogens with zero attached hydrogens (tertiary/aromatic N) is 2. The summed E-state index contributed by atoms with van der Waals surface area (Å²) in [6.07, 6.45) is 1.97. The van der Waals surface area contributed by atoms with E-state index in [9.17, 15) is 0 Å². The van der Waals surface area contributed by atoms with E-state index in [0.717, 1.165) is 24.4 Å². The van der Waals surface area contributed by atoms with Crippen molar-refractivity contribution in [3.63, 3.8) is 0 Å². The van der Waals surface area contributed by atoms with Crippen molar-refractivity contribution in [1.29, 1.82) is 0 Å². The van der Waals surface area contributed by atoms with Crippen LogP contribution in [0, 0.1) is 0 Å². The predicted molar refractivity (Wildman–Crippen MR) is 69.7 cm³/mol. The van der Waals surface area contributed by atoms with Gasteiger partial charge in [-0.1, -0.05) is 13.8 Å². The lowest BCUT2D eigenvalue weighted by molar-refractivity contribution is 0.782. The maximum absolute atomic E-state index is 6.02. The van der Waals surface area contributed by atoms with Crippen molar-refractivity contribution in [2.45, 2.75) is 26.7 Å². The first kappa shape index (κ1) is 11.2. The monoisotopic (exact) mass is 235 g/mol. The molecule has 0 radical (unpaired) electrons. The number of aromatic nitrogens is 2. The molecule has 0 aliphatic heterocycles. The third kappa shape index (κ3) is 1.63. The van der Waals surface area contributed by atoms with Crippen molar-refractivity contribution < 1.29 is 0 Å². The van der Waals surface area contributed by atoms with Gasteiger partial charge in [-0.25, -0.2) is 0 Å². The molecule has 3 nitrogen and oxygen atoms in total. The van der Waals surface area contributed by atoms with E-state index in [2.05, 4.69) is 30.4 Å². The minimum Gasteiger partial charge on any atom is -0.384 e. The molecule has 16 heavy (non-hydrogen) atoms. The zero-order valence-corrected chi connectivity index (χ0v) is 10.8. The number of rotatable bonds is 3.